The summed E-state index contributed by atoms with van der Waals surface area (Å²) in [6, 6.07) is -0.602. The first-order valence-corrected chi connectivity index (χ1v) is 4.99. The number of aromatic hydroxyl groups is 1. The van der Waals surface area contributed by atoms with Gasteiger partial charge >= 0.3 is 11.6 Å². The molecule has 0 spiro atoms. The van der Waals surface area contributed by atoms with Gasteiger partial charge in [-0.05, 0) is 13.8 Å². The van der Waals surface area contributed by atoms with Crippen LogP contribution in [0.1, 0.15) is 12.7 Å². The van der Waals surface area contributed by atoms with Crippen molar-refractivity contribution in [3.8, 4) is 6.01 Å². The summed E-state index contributed by atoms with van der Waals surface area (Å²) in [5.74, 6) is 0.511. The minimum absolute atomic E-state index is 0.126. The van der Waals surface area contributed by atoms with E-state index in [-0.39, 0.29) is 17.8 Å². The van der Waals surface area contributed by atoms with Gasteiger partial charge in [0.05, 0.1) is 6.61 Å². The zero-order valence-electron chi connectivity index (χ0n) is 9.34. The fourth-order valence-electron chi connectivity index (χ4n) is 1.35. The van der Waals surface area contributed by atoms with E-state index in [1.165, 1.54) is 0 Å². The molecule has 0 amide bonds. The second-order valence-electron chi connectivity index (χ2n) is 3.63. The van der Waals surface area contributed by atoms with Crippen molar-refractivity contribution in [1.82, 2.24) is 19.7 Å². The van der Waals surface area contributed by atoms with Crippen molar-refractivity contribution >= 4 is 11.2 Å². The molecule has 0 aromatic carbocycles. The Labute approximate surface area is 95.5 Å². The zero-order chi connectivity index (χ0) is 12.6. The zero-order valence-corrected chi connectivity index (χ0v) is 9.34. The summed E-state index contributed by atoms with van der Waals surface area (Å²) in [4.78, 5) is 27.3. The van der Waals surface area contributed by atoms with Gasteiger partial charge in [0.1, 0.15) is 11.9 Å². The fourth-order valence-corrected chi connectivity index (χ4v) is 1.35. The fraction of sp³-hybridized carbons (Fsp3) is 0.444. The smallest absolute Gasteiger partial charge is 0.333 e. The van der Waals surface area contributed by atoms with Crippen LogP contribution in [0, 0.1) is 6.92 Å². The lowest BCUT2D eigenvalue weighted by molar-refractivity contribution is -0.00378. The summed E-state index contributed by atoms with van der Waals surface area (Å²) >= 11 is 0. The summed E-state index contributed by atoms with van der Waals surface area (Å²) in [5.41, 5.74) is -0.333. The first-order chi connectivity index (χ1) is 8.02. The number of imidazole rings is 1. The standard InChI is InChI=1S/C9H12N4O4/c1-4(3-14)17-13-8(15)6-7(12-9(13)16)11-5(2)10-6/h4,14H,3H2,1-2H3,(H,10,11)(H,12,16). The number of aliphatic hydroxyl groups excluding tert-OH is 1. The third-order valence-corrected chi connectivity index (χ3v) is 2.13. The molecule has 2 aromatic rings. The maximum absolute atomic E-state index is 11.9. The van der Waals surface area contributed by atoms with Crippen LogP contribution in [0.5, 0.6) is 6.01 Å². The Kier molecular flexibility index (Phi) is 2.72. The molecule has 0 saturated carbocycles. The largest absolute Gasteiger partial charge is 0.478 e. The highest BCUT2D eigenvalue weighted by atomic mass is 16.7. The van der Waals surface area contributed by atoms with Gasteiger partial charge in [-0.3, -0.25) is 4.79 Å². The Morgan fingerprint density at radius 1 is 1.53 bits per heavy atom. The summed E-state index contributed by atoms with van der Waals surface area (Å²) in [5, 5.41) is 18.4. The van der Waals surface area contributed by atoms with E-state index >= 15 is 0 Å². The van der Waals surface area contributed by atoms with Crippen molar-refractivity contribution in [3.63, 3.8) is 0 Å². The molecule has 1 atom stereocenters. The van der Waals surface area contributed by atoms with Gasteiger partial charge in [0.2, 0.25) is 0 Å². The third kappa shape index (κ3) is 1.94. The van der Waals surface area contributed by atoms with Crippen LogP contribution in [0.2, 0.25) is 0 Å². The first-order valence-electron chi connectivity index (χ1n) is 4.99. The van der Waals surface area contributed by atoms with E-state index in [4.69, 9.17) is 9.94 Å². The maximum atomic E-state index is 11.9. The average Bonchev–Trinajstić information content (AvgIpc) is 2.64. The molecule has 3 N–H and O–H groups in total. The third-order valence-electron chi connectivity index (χ3n) is 2.13. The molecular weight excluding hydrogens is 228 g/mol. The first kappa shape index (κ1) is 11.4. The second kappa shape index (κ2) is 4.06. The minimum atomic E-state index is -0.637. The molecule has 0 aliphatic rings. The molecule has 92 valence electrons. The van der Waals surface area contributed by atoms with Crippen LogP contribution in [0.25, 0.3) is 11.2 Å². The Morgan fingerprint density at radius 2 is 2.24 bits per heavy atom. The van der Waals surface area contributed by atoms with Gasteiger partial charge in [-0.25, -0.2) is 4.98 Å². The molecular formula is C9H12N4O4. The number of nitrogens with zero attached hydrogens (tertiary/aromatic N) is 3. The van der Waals surface area contributed by atoms with Crippen LogP contribution in [-0.4, -0.2) is 42.6 Å². The van der Waals surface area contributed by atoms with Crippen LogP contribution in [0.3, 0.4) is 0 Å². The number of aliphatic hydroxyl groups is 1. The lowest BCUT2D eigenvalue weighted by atomic mass is 10.4. The average molecular weight is 240 g/mol. The van der Waals surface area contributed by atoms with E-state index in [0.29, 0.717) is 10.6 Å². The molecule has 0 fully saturated rings. The Bertz CT molecular complexity index is 603. The summed E-state index contributed by atoms with van der Waals surface area (Å²) in [7, 11) is 0. The van der Waals surface area contributed by atoms with Gasteiger partial charge in [0.25, 0.3) is 0 Å². The predicted octanol–water partition coefficient (Wildman–Crippen LogP) is -1.06. The maximum Gasteiger partial charge on any atom is 0.333 e. The molecule has 2 rings (SSSR count). The van der Waals surface area contributed by atoms with E-state index in [0.717, 1.165) is 0 Å². The van der Waals surface area contributed by atoms with E-state index in [1.807, 2.05) is 0 Å². The molecule has 0 bridgehead atoms. The van der Waals surface area contributed by atoms with E-state index in [2.05, 4.69) is 15.0 Å². The molecule has 0 aliphatic carbocycles. The van der Waals surface area contributed by atoms with Crippen LogP contribution in [0.4, 0.5) is 0 Å². The topological polar surface area (TPSA) is 113 Å². The van der Waals surface area contributed by atoms with Gasteiger partial charge in [-0.15, -0.1) is 0 Å². The number of aryl methyl sites for hydroxylation is 1. The number of hydrogen-bond acceptors (Lipinski definition) is 6. The summed E-state index contributed by atoms with van der Waals surface area (Å²) < 4.78 is 0.626. The second-order valence-corrected chi connectivity index (χ2v) is 3.63. The van der Waals surface area contributed by atoms with Gasteiger partial charge in [0, 0.05) is 0 Å². The number of nitrogens with one attached hydrogen (secondary N) is 1. The van der Waals surface area contributed by atoms with Crippen LogP contribution >= 0.6 is 0 Å². The molecule has 2 heterocycles. The summed E-state index contributed by atoms with van der Waals surface area (Å²) in [6.07, 6.45) is -0.637. The Morgan fingerprint density at radius 3 is 2.88 bits per heavy atom. The quantitative estimate of drug-likeness (QED) is 0.630. The molecule has 8 nitrogen and oxygen atoms in total. The van der Waals surface area contributed by atoms with Crippen LogP contribution in [-0.2, 0) is 0 Å². The van der Waals surface area contributed by atoms with E-state index in [1.54, 1.807) is 13.8 Å². The molecule has 1 unspecified atom stereocenters. The number of hydrogen-bond donors (Lipinski definition) is 3. The normalized spacial score (nSPS) is 12.9. The number of fused-ring (bicyclic) bond motifs is 1. The van der Waals surface area contributed by atoms with Gasteiger partial charge in [-0.1, -0.05) is 4.73 Å². The van der Waals surface area contributed by atoms with Crippen LogP contribution in [0.15, 0.2) is 4.79 Å². The van der Waals surface area contributed by atoms with Crippen molar-refractivity contribution in [3.05, 3.63) is 16.2 Å². The highest BCUT2D eigenvalue weighted by Crippen LogP contribution is 2.08. The summed E-state index contributed by atoms with van der Waals surface area (Å²) in [6.45, 7) is 2.93. The molecule has 17 heavy (non-hydrogen) atoms. The molecule has 2 aromatic heterocycles. The van der Waals surface area contributed by atoms with E-state index in [9.17, 15) is 9.90 Å². The number of aromatic nitrogens is 4. The highest BCUT2D eigenvalue weighted by Gasteiger charge is 2.15. The van der Waals surface area contributed by atoms with Gasteiger partial charge in [-0.2, -0.15) is 4.98 Å². The SMILES string of the molecule is Cc1nc2nc(O)n(OC(C)CO)c(=O)c2[nH]1. The molecule has 0 radical (unpaired) electrons. The number of H-pyrrole nitrogens is 1. The molecule has 0 saturated heterocycles. The lowest BCUT2D eigenvalue weighted by Gasteiger charge is -2.13. The lowest BCUT2D eigenvalue weighted by Crippen LogP contribution is -2.34. The van der Waals surface area contributed by atoms with Gasteiger partial charge in [0.15, 0.2) is 11.2 Å². The molecule has 0 aliphatic heterocycles. The number of rotatable bonds is 3. The van der Waals surface area contributed by atoms with Crippen LogP contribution < -0.4 is 10.4 Å². The van der Waals surface area contributed by atoms with E-state index < -0.39 is 17.7 Å². The Balaban J connectivity index is 2.59. The number of aromatic amines is 1. The van der Waals surface area contributed by atoms with Crippen molar-refractivity contribution in [2.24, 2.45) is 0 Å². The van der Waals surface area contributed by atoms with Crippen molar-refractivity contribution in [2.75, 3.05) is 6.61 Å². The molecule has 8 heteroatoms. The monoisotopic (exact) mass is 240 g/mol. The van der Waals surface area contributed by atoms with Crippen molar-refractivity contribution in [1.29, 1.82) is 0 Å². The Hall–Kier alpha value is -2.09. The predicted molar refractivity (Wildman–Crippen MR) is 57.7 cm³/mol. The van der Waals surface area contributed by atoms with Crippen molar-refractivity contribution < 1.29 is 15.1 Å². The highest BCUT2D eigenvalue weighted by molar-refractivity contribution is 5.69. The minimum Gasteiger partial charge on any atom is -0.478 e. The van der Waals surface area contributed by atoms with Gasteiger partial charge < -0.3 is 20.0 Å². The van der Waals surface area contributed by atoms with Crippen molar-refractivity contribution in [2.45, 2.75) is 20.0 Å².